The Morgan fingerprint density at radius 1 is 1.44 bits per heavy atom. The standard InChI is InChI=1S/C14H16N2OS/c1-2-10-13(8-15)18-14(16-10)12-7-9-5-3-4-6-11(9)17-12/h3-6,12H,2,7-8,15H2,1H3. The van der Waals surface area contributed by atoms with Crippen molar-refractivity contribution < 1.29 is 4.74 Å². The Kier molecular flexibility index (Phi) is 3.06. The summed E-state index contributed by atoms with van der Waals surface area (Å²) >= 11 is 1.69. The van der Waals surface area contributed by atoms with Crippen LogP contribution in [0.2, 0.25) is 0 Å². The highest BCUT2D eigenvalue weighted by Crippen LogP contribution is 2.38. The topological polar surface area (TPSA) is 48.1 Å². The number of thiazole rings is 1. The first-order chi connectivity index (χ1) is 8.81. The van der Waals surface area contributed by atoms with E-state index in [0.29, 0.717) is 6.54 Å². The fourth-order valence-corrected chi connectivity index (χ4v) is 3.36. The largest absolute Gasteiger partial charge is 0.483 e. The predicted molar refractivity (Wildman–Crippen MR) is 72.9 cm³/mol. The number of nitrogens with zero attached hydrogens (tertiary/aromatic N) is 1. The average Bonchev–Trinajstić information content (AvgIpc) is 3.01. The van der Waals surface area contributed by atoms with Crippen molar-refractivity contribution in [1.29, 1.82) is 0 Å². The van der Waals surface area contributed by atoms with Crippen molar-refractivity contribution in [3.63, 3.8) is 0 Å². The minimum absolute atomic E-state index is 0.0676. The molecule has 1 atom stereocenters. The summed E-state index contributed by atoms with van der Waals surface area (Å²) in [5.41, 5.74) is 8.14. The third-order valence-electron chi connectivity index (χ3n) is 3.24. The van der Waals surface area contributed by atoms with Gasteiger partial charge in [-0.3, -0.25) is 0 Å². The molecule has 1 aromatic carbocycles. The van der Waals surface area contributed by atoms with Crippen LogP contribution in [0.1, 0.15) is 34.2 Å². The highest BCUT2D eigenvalue weighted by Gasteiger charge is 2.27. The number of hydrogen-bond donors (Lipinski definition) is 1. The van der Waals surface area contributed by atoms with Gasteiger partial charge in [0.15, 0.2) is 6.10 Å². The van der Waals surface area contributed by atoms with Crippen molar-refractivity contribution in [2.75, 3.05) is 0 Å². The second-order valence-electron chi connectivity index (χ2n) is 4.40. The molecule has 0 amide bonds. The van der Waals surface area contributed by atoms with Crippen molar-refractivity contribution in [3.8, 4) is 5.75 Å². The first-order valence-electron chi connectivity index (χ1n) is 6.25. The number of hydrogen-bond acceptors (Lipinski definition) is 4. The molecular weight excluding hydrogens is 244 g/mol. The van der Waals surface area contributed by atoms with Crippen LogP contribution in [0.25, 0.3) is 0 Å². The van der Waals surface area contributed by atoms with Gasteiger partial charge >= 0.3 is 0 Å². The van der Waals surface area contributed by atoms with Gasteiger partial charge in [-0.2, -0.15) is 0 Å². The number of aryl methyl sites for hydroxylation is 1. The van der Waals surface area contributed by atoms with E-state index >= 15 is 0 Å². The zero-order chi connectivity index (χ0) is 12.5. The normalized spacial score (nSPS) is 17.6. The predicted octanol–water partition coefficient (Wildman–Crippen LogP) is 2.84. The molecule has 4 heteroatoms. The van der Waals surface area contributed by atoms with Gasteiger partial charge in [0.05, 0.1) is 5.69 Å². The van der Waals surface area contributed by atoms with Crippen molar-refractivity contribution in [2.24, 2.45) is 5.73 Å². The zero-order valence-electron chi connectivity index (χ0n) is 10.3. The van der Waals surface area contributed by atoms with E-state index in [2.05, 4.69) is 24.0 Å². The molecule has 18 heavy (non-hydrogen) atoms. The Labute approximate surface area is 111 Å². The molecule has 0 spiro atoms. The molecule has 1 unspecified atom stereocenters. The molecule has 1 aliphatic heterocycles. The number of benzene rings is 1. The van der Waals surface area contributed by atoms with Crippen LogP contribution in [0.5, 0.6) is 5.75 Å². The summed E-state index contributed by atoms with van der Waals surface area (Å²) in [6.07, 6.45) is 1.91. The highest BCUT2D eigenvalue weighted by molar-refractivity contribution is 7.11. The molecule has 1 aliphatic rings. The SMILES string of the molecule is CCc1nc(C2Cc3ccccc3O2)sc1CN. The molecule has 3 nitrogen and oxygen atoms in total. The fraction of sp³-hybridized carbons (Fsp3) is 0.357. The highest BCUT2D eigenvalue weighted by atomic mass is 32.1. The molecule has 2 heterocycles. The van der Waals surface area contributed by atoms with E-state index in [9.17, 15) is 0 Å². The smallest absolute Gasteiger partial charge is 0.154 e. The quantitative estimate of drug-likeness (QED) is 0.923. The third-order valence-corrected chi connectivity index (χ3v) is 4.45. The monoisotopic (exact) mass is 260 g/mol. The molecule has 0 radical (unpaired) electrons. The Bertz CT molecular complexity index is 518. The minimum Gasteiger partial charge on any atom is -0.483 e. The molecular formula is C14H16N2OS. The molecule has 0 saturated heterocycles. The van der Waals surface area contributed by atoms with Crippen LogP contribution in [0.4, 0.5) is 0 Å². The maximum absolute atomic E-state index is 5.96. The van der Waals surface area contributed by atoms with Crippen LogP contribution < -0.4 is 10.5 Å². The summed E-state index contributed by atoms with van der Waals surface area (Å²) in [6.45, 7) is 2.68. The zero-order valence-corrected chi connectivity index (χ0v) is 11.2. The van der Waals surface area contributed by atoms with Gasteiger partial charge in [0, 0.05) is 17.8 Å². The molecule has 3 rings (SSSR count). The molecule has 0 saturated carbocycles. The van der Waals surface area contributed by atoms with Gasteiger partial charge in [-0.25, -0.2) is 4.98 Å². The van der Waals surface area contributed by atoms with Gasteiger partial charge in [0.25, 0.3) is 0 Å². The Morgan fingerprint density at radius 3 is 2.94 bits per heavy atom. The van der Waals surface area contributed by atoms with Crippen LogP contribution in [-0.2, 0) is 19.4 Å². The number of fused-ring (bicyclic) bond motifs is 1. The van der Waals surface area contributed by atoms with E-state index in [0.717, 1.165) is 29.3 Å². The summed E-state index contributed by atoms with van der Waals surface area (Å²) in [6, 6.07) is 8.20. The molecule has 2 N–H and O–H groups in total. The van der Waals surface area contributed by atoms with E-state index in [1.807, 2.05) is 12.1 Å². The van der Waals surface area contributed by atoms with E-state index in [4.69, 9.17) is 10.5 Å². The van der Waals surface area contributed by atoms with E-state index < -0.39 is 0 Å². The molecule has 1 aromatic heterocycles. The van der Waals surface area contributed by atoms with Gasteiger partial charge < -0.3 is 10.5 Å². The average molecular weight is 260 g/mol. The number of ether oxygens (including phenoxy) is 1. The van der Waals surface area contributed by atoms with Gasteiger partial charge in [0.1, 0.15) is 10.8 Å². The number of rotatable bonds is 3. The summed E-state index contributed by atoms with van der Waals surface area (Å²) in [4.78, 5) is 5.87. The fourth-order valence-electron chi connectivity index (χ4n) is 2.30. The van der Waals surface area contributed by atoms with Crippen LogP contribution >= 0.6 is 11.3 Å². The summed E-state index contributed by atoms with van der Waals surface area (Å²) < 4.78 is 5.96. The summed E-state index contributed by atoms with van der Waals surface area (Å²) in [5, 5.41) is 1.06. The van der Waals surface area contributed by atoms with Gasteiger partial charge in [-0.1, -0.05) is 25.1 Å². The number of para-hydroxylation sites is 1. The van der Waals surface area contributed by atoms with Gasteiger partial charge in [0.2, 0.25) is 0 Å². The Balaban J connectivity index is 1.88. The van der Waals surface area contributed by atoms with Crippen molar-refractivity contribution in [3.05, 3.63) is 45.4 Å². The molecule has 0 bridgehead atoms. The van der Waals surface area contributed by atoms with Crippen LogP contribution in [0.3, 0.4) is 0 Å². The number of nitrogens with two attached hydrogens (primary N) is 1. The third kappa shape index (κ3) is 1.91. The molecule has 2 aromatic rings. The maximum Gasteiger partial charge on any atom is 0.154 e. The lowest BCUT2D eigenvalue weighted by Crippen LogP contribution is -2.02. The van der Waals surface area contributed by atoms with Crippen molar-refractivity contribution >= 4 is 11.3 Å². The lowest BCUT2D eigenvalue weighted by atomic mass is 10.1. The lowest BCUT2D eigenvalue weighted by Gasteiger charge is -2.06. The van der Waals surface area contributed by atoms with E-state index in [-0.39, 0.29) is 6.10 Å². The maximum atomic E-state index is 5.96. The Morgan fingerprint density at radius 2 is 2.28 bits per heavy atom. The first-order valence-corrected chi connectivity index (χ1v) is 7.06. The number of aromatic nitrogens is 1. The Hall–Kier alpha value is -1.39. The second kappa shape index (κ2) is 4.71. The summed E-state index contributed by atoms with van der Waals surface area (Å²) in [5.74, 6) is 0.991. The van der Waals surface area contributed by atoms with Crippen molar-refractivity contribution in [1.82, 2.24) is 4.98 Å². The molecule has 0 fully saturated rings. The van der Waals surface area contributed by atoms with Gasteiger partial charge in [-0.15, -0.1) is 11.3 Å². The van der Waals surface area contributed by atoms with Crippen LogP contribution in [0, 0.1) is 0 Å². The molecule has 0 aliphatic carbocycles. The van der Waals surface area contributed by atoms with Crippen LogP contribution in [0.15, 0.2) is 24.3 Å². The lowest BCUT2D eigenvalue weighted by molar-refractivity contribution is 0.238. The van der Waals surface area contributed by atoms with E-state index in [1.165, 1.54) is 10.4 Å². The second-order valence-corrected chi connectivity index (χ2v) is 5.51. The summed E-state index contributed by atoms with van der Waals surface area (Å²) in [7, 11) is 0. The molecule has 94 valence electrons. The van der Waals surface area contributed by atoms with Gasteiger partial charge in [-0.05, 0) is 18.1 Å². The first kappa shape index (κ1) is 11.7. The van der Waals surface area contributed by atoms with Crippen LogP contribution in [-0.4, -0.2) is 4.98 Å². The van der Waals surface area contributed by atoms with E-state index in [1.54, 1.807) is 11.3 Å². The van der Waals surface area contributed by atoms with Crippen molar-refractivity contribution in [2.45, 2.75) is 32.4 Å². The minimum atomic E-state index is 0.0676.